The highest BCUT2D eigenvalue weighted by atomic mass is 16.4. The van der Waals surface area contributed by atoms with Gasteiger partial charge in [-0.15, -0.1) is 0 Å². The first kappa shape index (κ1) is 30.1. The molecule has 12 heteroatoms. The molecule has 2 aromatic carbocycles. The lowest BCUT2D eigenvalue weighted by molar-refractivity contribution is 0.0647. The molecule has 0 spiro atoms. The van der Waals surface area contributed by atoms with Crippen molar-refractivity contribution < 1.29 is 9.90 Å². The number of piperazine rings is 3. The number of nitriles is 1. The summed E-state index contributed by atoms with van der Waals surface area (Å²) in [7, 11) is 0. The van der Waals surface area contributed by atoms with Crippen molar-refractivity contribution in [3.63, 3.8) is 0 Å². The summed E-state index contributed by atoms with van der Waals surface area (Å²) in [6.07, 6.45) is 1.46. The number of aromatic nitrogens is 4. The molecule has 0 aliphatic carbocycles. The predicted octanol–water partition coefficient (Wildman–Crippen LogP) is 2.98. The van der Waals surface area contributed by atoms with Gasteiger partial charge in [-0.1, -0.05) is 39.0 Å². The van der Waals surface area contributed by atoms with Crippen LogP contribution in [0.15, 0.2) is 60.8 Å². The minimum Gasteiger partial charge on any atom is -0.478 e. The maximum absolute atomic E-state index is 10.8. The first-order valence-corrected chi connectivity index (χ1v) is 13.7. The van der Waals surface area contributed by atoms with Gasteiger partial charge in [0, 0.05) is 44.7 Å². The second-order valence-corrected chi connectivity index (χ2v) is 11.1. The van der Waals surface area contributed by atoms with Gasteiger partial charge in [0.25, 0.3) is 0 Å². The van der Waals surface area contributed by atoms with E-state index < -0.39 is 5.97 Å². The fourth-order valence-electron chi connectivity index (χ4n) is 4.68. The fraction of sp³-hybridized carbons (Fsp3) is 0.333. The molecule has 0 saturated carbocycles. The summed E-state index contributed by atoms with van der Waals surface area (Å²) >= 11 is 0. The Kier molecular flexibility index (Phi) is 9.15. The van der Waals surface area contributed by atoms with Gasteiger partial charge >= 0.3 is 5.97 Å². The Hall–Kier alpha value is -4.86. The molecule has 7 rings (SSSR count). The van der Waals surface area contributed by atoms with E-state index in [1.165, 1.54) is 62.3 Å². The molecule has 7 N–H and O–H groups in total. The topological polar surface area (TPSA) is 181 Å². The number of carbonyl (C=O) groups is 1. The molecule has 42 heavy (non-hydrogen) atoms. The largest absolute Gasteiger partial charge is 0.478 e. The number of fused-ring (bicyclic) bond motifs is 3. The summed E-state index contributed by atoms with van der Waals surface area (Å²) in [4.78, 5) is 15.9. The second kappa shape index (κ2) is 12.8. The normalized spacial score (nSPS) is 17.3. The Bertz CT molecular complexity index is 1510. The van der Waals surface area contributed by atoms with Gasteiger partial charge in [-0.05, 0) is 36.4 Å². The van der Waals surface area contributed by atoms with Gasteiger partial charge in [0.05, 0.1) is 34.5 Å². The molecule has 2 bridgehead atoms. The lowest BCUT2D eigenvalue weighted by Crippen LogP contribution is -2.55. The van der Waals surface area contributed by atoms with Crippen molar-refractivity contribution >= 4 is 23.3 Å². The zero-order valence-corrected chi connectivity index (χ0v) is 24.2. The Labute approximate surface area is 245 Å². The van der Waals surface area contributed by atoms with Crippen LogP contribution < -0.4 is 17.2 Å². The van der Waals surface area contributed by atoms with Crippen LogP contribution in [0.3, 0.4) is 0 Å². The highest BCUT2D eigenvalue weighted by Gasteiger charge is 2.25. The van der Waals surface area contributed by atoms with Gasteiger partial charge < -0.3 is 22.3 Å². The third-order valence-corrected chi connectivity index (χ3v) is 7.15. The van der Waals surface area contributed by atoms with E-state index in [-0.39, 0.29) is 11.0 Å². The predicted molar refractivity (Wildman–Crippen MR) is 164 cm³/mol. The first-order chi connectivity index (χ1) is 20.0. The summed E-state index contributed by atoms with van der Waals surface area (Å²) in [6.45, 7) is 13.9. The Morgan fingerprint density at radius 2 is 1.36 bits per heavy atom. The van der Waals surface area contributed by atoms with Crippen LogP contribution >= 0.6 is 0 Å². The van der Waals surface area contributed by atoms with Crippen LogP contribution in [0.5, 0.6) is 0 Å². The second-order valence-electron chi connectivity index (χ2n) is 11.1. The molecule has 3 aliphatic heterocycles. The van der Waals surface area contributed by atoms with Crippen molar-refractivity contribution in [3.05, 3.63) is 77.6 Å². The smallest absolute Gasteiger partial charge is 0.335 e. The van der Waals surface area contributed by atoms with Crippen LogP contribution in [0.25, 0.3) is 11.4 Å². The third kappa shape index (κ3) is 6.88. The van der Waals surface area contributed by atoms with Crippen molar-refractivity contribution in [3.8, 4) is 17.4 Å². The van der Waals surface area contributed by atoms with Crippen LogP contribution in [0.2, 0.25) is 0 Å². The number of nitrogens with zero attached hydrogens (tertiary/aromatic N) is 7. The number of carboxylic acids is 1. The van der Waals surface area contributed by atoms with Gasteiger partial charge in [-0.2, -0.15) is 15.5 Å². The zero-order valence-electron chi connectivity index (χ0n) is 24.2. The maximum Gasteiger partial charge on any atom is 0.335 e. The average molecular weight is 571 g/mol. The molecule has 4 aromatic rings. The molecule has 0 atom stereocenters. The van der Waals surface area contributed by atoms with Crippen molar-refractivity contribution in [2.45, 2.75) is 26.2 Å². The SMILES string of the molecule is C1CN2CCN1CC2.CC(C)(C)c1nn(-c2ccc(C(=O)O)cc2)c(N)c1N.N#Cc1cnn(-c2ccccc2)c1N. The number of nitrogen functional groups attached to an aromatic ring is 3. The van der Waals surface area contributed by atoms with E-state index in [0.29, 0.717) is 28.6 Å². The highest BCUT2D eigenvalue weighted by Crippen LogP contribution is 2.32. The zero-order chi connectivity index (χ0) is 30.4. The van der Waals surface area contributed by atoms with Gasteiger partial charge in [-0.25, -0.2) is 14.2 Å². The van der Waals surface area contributed by atoms with E-state index in [1.807, 2.05) is 57.2 Å². The molecule has 0 radical (unpaired) electrons. The van der Waals surface area contributed by atoms with Crippen molar-refractivity contribution in [2.24, 2.45) is 0 Å². The molecule has 5 heterocycles. The molecular weight excluding hydrogens is 532 g/mol. The molecule has 0 amide bonds. The number of anilines is 3. The lowest BCUT2D eigenvalue weighted by Gasteiger charge is -2.41. The van der Waals surface area contributed by atoms with Crippen LogP contribution in [0.1, 0.15) is 42.4 Å². The van der Waals surface area contributed by atoms with Gasteiger partial charge in [-0.3, -0.25) is 9.80 Å². The number of hydrogen-bond acceptors (Lipinski definition) is 9. The van der Waals surface area contributed by atoms with E-state index in [1.54, 1.807) is 16.8 Å². The molecule has 3 saturated heterocycles. The number of benzene rings is 2. The number of nitrogens with two attached hydrogens (primary N) is 3. The Morgan fingerprint density at radius 3 is 1.76 bits per heavy atom. The third-order valence-electron chi connectivity index (χ3n) is 7.15. The minimum atomic E-state index is -0.972. The Morgan fingerprint density at radius 1 is 0.833 bits per heavy atom. The van der Waals surface area contributed by atoms with Crippen molar-refractivity contribution in [2.75, 3.05) is 56.5 Å². The van der Waals surface area contributed by atoms with E-state index in [2.05, 4.69) is 20.0 Å². The molecule has 3 aliphatic rings. The quantitative estimate of drug-likeness (QED) is 0.286. The lowest BCUT2D eigenvalue weighted by atomic mass is 9.91. The minimum absolute atomic E-state index is 0.212. The number of hydrogen-bond donors (Lipinski definition) is 4. The van der Waals surface area contributed by atoms with E-state index >= 15 is 0 Å². The number of carboxylic acid groups (broad SMARTS) is 1. The summed E-state index contributed by atoms with van der Waals surface area (Å²) < 4.78 is 3.07. The summed E-state index contributed by atoms with van der Waals surface area (Å²) in [5, 5.41) is 26.1. The molecule has 220 valence electrons. The first-order valence-electron chi connectivity index (χ1n) is 13.7. The Balaban J connectivity index is 0.000000158. The van der Waals surface area contributed by atoms with Crippen LogP contribution in [-0.2, 0) is 5.41 Å². The summed E-state index contributed by atoms with van der Waals surface area (Å²) in [5.74, 6) is -0.239. The van der Waals surface area contributed by atoms with Crippen molar-refractivity contribution in [1.29, 1.82) is 5.26 Å². The standard InChI is InChI=1S/C14H18N4O2.C10H8N4.C6H12N2/c1-14(2,3)11-10(15)12(16)18(17-11)9-6-4-8(5-7-9)13(19)20;11-6-8-7-13-14(10(8)12)9-4-2-1-3-5-9;1-2-8-5-3-7(1)4-6-8/h4-7H,15-16H2,1-3H3,(H,19,20);1-5,7H,12H2;1-6H2. The molecular formula is C30H38N10O2. The van der Waals surface area contributed by atoms with Gasteiger partial charge in [0.1, 0.15) is 17.5 Å². The number of para-hydroxylation sites is 1. The fourth-order valence-corrected chi connectivity index (χ4v) is 4.68. The van der Waals surface area contributed by atoms with Crippen LogP contribution in [0, 0.1) is 11.3 Å². The van der Waals surface area contributed by atoms with E-state index in [0.717, 1.165) is 11.4 Å². The van der Waals surface area contributed by atoms with E-state index in [9.17, 15) is 4.79 Å². The molecule has 0 unspecified atom stereocenters. The monoisotopic (exact) mass is 570 g/mol. The highest BCUT2D eigenvalue weighted by molar-refractivity contribution is 5.87. The number of rotatable bonds is 3. The summed E-state index contributed by atoms with van der Waals surface area (Å²) in [6, 6.07) is 17.7. The maximum atomic E-state index is 10.8. The molecule has 12 nitrogen and oxygen atoms in total. The van der Waals surface area contributed by atoms with Crippen LogP contribution in [-0.4, -0.2) is 79.7 Å². The average Bonchev–Trinajstić information content (AvgIpc) is 3.53. The van der Waals surface area contributed by atoms with Gasteiger partial charge in [0.2, 0.25) is 0 Å². The van der Waals surface area contributed by atoms with Crippen molar-refractivity contribution in [1.82, 2.24) is 29.4 Å². The van der Waals surface area contributed by atoms with Crippen LogP contribution in [0.4, 0.5) is 17.3 Å². The van der Waals surface area contributed by atoms with Gasteiger partial charge in [0.15, 0.2) is 5.82 Å². The molecule has 2 aromatic heterocycles. The number of aromatic carboxylic acids is 1. The van der Waals surface area contributed by atoms with E-state index in [4.69, 9.17) is 27.6 Å². The molecule has 3 fully saturated rings. The summed E-state index contributed by atoms with van der Waals surface area (Å²) in [5.41, 5.74) is 20.8.